The second-order valence-corrected chi connectivity index (χ2v) is 2.61. The molecule has 0 spiro atoms. The average Bonchev–Trinajstić information content (AvgIpc) is 2.19. The molecule has 0 aromatic heterocycles. The first-order valence-electron chi connectivity index (χ1n) is 4.01. The third kappa shape index (κ3) is 2.87. The number of carbonyl (C=O) groups is 1. The van der Waals surface area contributed by atoms with Crippen molar-refractivity contribution in [3.8, 4) is 5.75 Å². The first-order valence-corrected chi connectivity index (χ1v) is 4.01. The number of rotatable bonds is 4. The van der Waals surface area contributed by atoms with Crippen LogP contribution in [0.5, 0.6) is 5.75 Å². The lowest BCUT2D eigenvalue weighted by molar-refractivity contribution is -0.0382. The van der Waals surface area contributed by atoms with Gasteiger partial charge < -0.3 is 9.47 Å². The molecule has 1 aromatic rings. The van der Waals surface area contributed by atoms with Crippen molar-refractivity contribution in [2.24, 2.45) is 0 Å². The summed E-state index contributed by atoms with van der Waals surface area (Å²) in [6.07, 6.45) is 0.519. The van der Waals surface area contributed by atoms with Crippen LogP contribution in [0, 0.1) is 0 Å². The second kappa shape index (κ2) is 4.62. The number of hydrogen-bond donors (Lipinski definition) is 0. The molecule has 3 nitrogen and oxygen atoms in total. The van der Waals surface area contributed by atoms with Crippen LogP contribution in [0.25, 0.3) is 0 Å². The molecule has 0 fully saturated rings. The number of methoxy groups -OCH3 is 1. The van der Waals surface area contributed by atoms with Gasteiger partial charge >= 0.3 is 0 Å². The Labute approximate surface area is 77.3 Å². The van der Waals surface area contributed by atoms with Crippen molar-refractivity contribution >= 4 is 6.29 Å². The van der Waals surface area contributed by atoms with Crippen LogP contribution in [0.15, 0.2) is 24.3 Å². The molecule has 70 valence electrons. The van der Waals surface area contributed by atoms with E-state index in [4.69, 9.17) is 9.47 Å². The van der Waals surface area contributed by atoms with E-state index in [9.17, 15) is 4.79 Å². The van der Waals surface area contributed by atoms with Crippen LogP contribution in [0.1, 0.15) is 17.3 Å². The largest absolute Gasteiger partial charge is 0.465 e. The van der Waals surface area contributed by atoms with Crippen LogP contribution in [-0.4, -0.2) is 19.7 Å². The average molecular weight is 180 g/mol. The molecule has 1 atom stereocenters. The maximum absolute atomic E-state index is 10.3. The zero-order valence-corrected chi connectivity index (χ0v) is 7.69. The Morgan fingerprint density at radius 3 is 2.38 bits per heavy atom. The molecular weight excluding hydrogens is 168 g/mol. The maximum Gasteiger partial charge on any atom is 0.196 e. The molecule has 0 N–H and O–H groups in total. The van der Waals surface area contributed by atoms with Gasteiger partial charge in [-0.3, -0.25) is 4.79 Å². The molecule has 0 saturated heterocycles. The van der Waals surface area contributed by atoms with Gasteiger partial charge in [-0.05, 0) is 31.2 Å². The van der Waals surface area contributed by atoms with Gasteiger partial charge in [-0.2, -0.15) is 0 Å². The van der Waals surface area contributed by atoms with E-state index in [1.165, 1.54) is 0 Å². The summed E-state index contributed by atoms with van der Waals surface area (Å²) >= 11 is 0. The lowest BCUT2D eigenvalue weighted by Crippen LogP contribution is -2.13. The van der Waals surface area contributed by atoms with E-state index < -0.39 is 0 Å². The van der Waals surface area contributed by atoms with Crippen LogP contribution in [-0.2, 0) is 4.74 Å². The Kier molecular flexibility index (Phi) is 3.46. The van der Waals surface area contributed by atoms with Gasteiger partial charge in [-0.1, -0.05) is 0 Å². The lowest BCUT2D eigenvalue weighted by Gasteiger charge is -2.12. The monoisotopic (exact) mass is 180 g/mol. The van der Waals surface area contributed by atoms with Gasteiger partial charge in [0.1, 0.15) is 12.0 Å². The molecule has 0 saturated carbocycles. The van der Waals surface area contributed by atoms with Crippen molar-refractivity contribution in [3.63, 3.8) is 0 Å². The van der Waals surface area contributed by atoms with Crippen molar-refractivity contribution in [2.75, 3.05) is 7.11 Å². The van der Waals surface area contributed by atoms with Crippen molar-refractivity contribution < 1.29 is 14.3 Å². The third-order valence-electron chi connectivity index (χ3n) is 1.65. The fourth-order valence-corrected chi connectivity index (χ4v) is 0.865. The molecule has 0 heterocycles. The van der Waals surface area contributed by atoms with Crippen LogP contribution >= 0.6 is 0 Å². The standard InChI is InChI=1S/C10H12O3/c1-8(12-2)13-10-5-3-9(7-11)4-6-10/h3-8H,1-2H3. The topological polar surface area (TPSA) is 35.5 Å². The molecule has 0 radical (unpaired) electrons. The van der Waals surface area contributed by atoms with Gasteiger partial charge in [-0.15, -0.1) is 0 Å². The van der Waals surface area contributed by atoms with Crippen LogP contribution in [0.3, 0.4) is 0 Å². The molecular formula is C10H12O3. The molecule has 1 rings (SSSR count). The fourth-order valence-electron chi connectivity index (χ4n) is 0.865. The molecule has 1 aromatic carbocycles. The smallest absolute Gasteiger partial charge is 0.196 e. The zero-order valence-electron chi connectivity index (χ0n) is 7.69. The van der Waals surface area contributed by atoms with Crippen molar-refractivity contribution in [1.29, 1.82) is 0 Å². The van der Waals surface area contributed by atoms with Crippen LogP contribution < -0.4 is 4.74 Å². The van der Waals surface area contributed by atoms with Crippen molar-refractivity contribution in [2.45, 2.75) is 13.2 Å². The summed E-state index contributed by atoms with van der Waals surface area (Å²) in [5.74, 6) is 0.694. The minimum absolute atomic E-state index is 0.276. The van der Waals surface area contributed by atoms with Gasteiger partial charge in [0.15, 0.2) is 6.29 Å². The molecule has 1 unspecified atom stereocenters. The zero-order chi connectivity index (χ0) is 9.68. The van der Waals surface area contributed by atoms with Gasteiger partial charge in [0.25, 0.3) is 0 Å². The SMILES string of the molecule is COC(C)Oc1ccc(C=O)cc1. The summed E-state index contributed by atoms with van der Waals surface area (Å²) < 4.78 is 10.2. The highest BCUT2D eigenvalue weighted by molar-refractivity contribution is 5.74. The Bertz CT molecular complexity index is 266. The summed E-state index contributed by atoms with van der Waals surface area (Å²) in [4.78, 5) is 10.3. The summed E-state index contributed by atoms with van der Waals surface area (Å²) in [7, 11) is 1.57. The quantitative estimate of drug-likeness (QED) is 0.524. The molecule has 3 heteroatoms. The maximum atomic E-state index is 10.3. The fraction of sp³-hybridized carbons (Fsp3) is 0.300. The highest BCUT2D eigenvalue weighted by atomic mass is 16.7. The predicted molar refractivity (Wildman–Crippen MR) is 48.9 cm³/mol. The number of benzene rings is 1. The van der Waals surface area contributed by atoms with Gasteiger partial charge in [0.05, 0.1) is 0 Å². The van der Waals surface area contributed by atoms with Crippen LogP contribution in [0.2, 0.25) is 0 Å². The Hall–Kier alpha value is -1.35. The van der Waals surface area contributed by atoms with Crippen molar-refractivity contribution in [1.82, 2.24) is 0 Å². The highest BCUT2D eigenvalue weighted by Gasteiger charge is 2.00. The first kappa shape index (κ1) is 9.74. The third-order valence-corrected chi connectivity index (χ3v) is 1.65. The second-order valence-electron chi connectivity index (χ2n) is 2.61. The summed E-state index contributed by atoms with van der Waals surface area (Å²) in [5, 5.41) is 0. The number of carbonyl (C=O) groups excluding carboxylic acids is 1. The summed E-state index contributed by atoms with van der Waals surface area (Å²) in [6.45, 7) is 1.80. The molecule has 0 amide bonds. The van der Waals surface area contributed by atoms with Crippen molar-refractivity contribution in [3.05, 3.63) is 29.8 Å². The van der Waals surface area contributed by atoms with E-state index >= 15 is 0 Å². The van der Waals surface area contributed by atoms with E-state index in [1.807, 2.05) is 0 Å². The lowest BCUT2D eigenvalue weighted by atomic mass is 10.2. The summed E-state index contributed by atoms with van der Waals surface area (Å²) in [5.41, 5.74) is 0.636. The van der Waals surface area contributed by atoms with Crippen LogP contribution in [0.4, 0.5) is 0 Å². The Morgan fingerprint density at radius 2 is 1.92 bits per heavy atom. The minimum Gasteiger partial charge on any atom is -0.465 e. The summed E-state index contributed by atoms with van der Waals surface area (Å²) in [6, 6.07) is 6.87. The predicted octanol–water partition coefficient (Wildman–Crippen LogP) is 1.87. The Balaban J connectivity index is 2.63. The van der Waals surface area contributed by atoms with E-state index in [1.54, 1.807) is 38.3 Å². The number of hydrogen-bond acceptors (Lipinski definition) is 3. The first-order chi connectivity index (χ1) is 6.26. The van der Waals surface area contributed by atoms with E-state index in [0.29, 0.717) is 11.3 Å². The molecule has 0 aliphatic carbocycles. The highest BCUT2D eigenvalue weighted by Crippen LogP contribution is 2.12. The normalized spacial score (nSPS) is 12.2. The van der Waals surface area contributed by atoms with Gasteiger partial charge in [0.2, 0.25) is 0 Å². The van der Waals surface area contributed by atoms with E-state index in [0.717, 1.165) is 6.29 Å². The molecule has 0 aliphatic rings. The minimum atomic E-state index is -0.276. The van der Waals surface area contributed by atoms with Gasteiger partial charge in [-0.25, -0.2) is 0 Å². The number of aldehydes is 1. The molecule has 0 bridgehead atoms. The van der Waals surface area contributed by atoms with Gasteiger partial charge in [0, 0.05) is 12.7 Å². The number of ether oxygens (including phenoxy) is 2. The van der Waals surface area contributed by atoms with E-state index in [-0.39, 0.29) is 6.29 Å². The van der Waals surface area contributed by atoms with E-state index in [2.05, 4.69) is 0 Å². The molecule has 0 aliphatic heterocycles. The Morgan fingerprint density at radius 1 is 1.31 bits per heavy atom. The molecule has 13 heavy (non-hydrogen) atoms.